The van der Waals surface area contributed by atoms with Gasteiger partial charge in [-0.2, -0.15) is 0 Å². The minimum absolute atomic E-state index is 0.188. The fraction of sp³-hybridized carbons (Fsp3) is 0.615. The summed E-state index contributed by atoms with van der Waals surface area (Å²) in [6, 6.07) is 3.85. The molecule has 0 aliphatic heterocycles. The Morgan fingerprint density at radius 3 is 2.44 bits per heavy atom. The summed E-state index contributed by atoms with van der Waals surface area (Å²) in [5.74, 6) is 1.05. The molecule has 0 radical (unpaired) electrons. The smallest absolute Gasteiger partial charge is 0.271 e. The van der Waals surface area contributed by atoms with Gasteiger partial charge in [0.15, 0.2) is 5.69 Å². The molecule has 5 heteroatoms. The fourth-order valence-electron chi connectivity index (χ4n) is 1.71. The molecular weight excluding hydrogens is 228 g/mol. The molecule has 0 bridgehead atoms. The Labute approximate surface area is 108 Å². The van der Waals surface area contributed by atoms with E-state index in [2.05, 4.69) is 41.6 Å². The number of hydrogen-bond acceptors (Lipinski definition) is 4. The van der Waals surface area contributed by atoms with Crippen LogP contribution in [0, 0.1) is 5.92 Å². The maximum Gasteiger partial charge on any atom is 0.271 e. The molecule has 1 unspecified atom stereocenters. The number of nitrogens with zero attached hydrogens (tertiary/aromatic N) is 2. The molecule has 100 valence electrons. The van der Waals surface area contributed by atoms with Crippen molar-refractivity contribution in [1.29, 1.82) is 0 Å². The lowest BCUT2D eigenvalue weighted by Crippen LogP contribution is -2.26. The third-order valence-corrected chi connectivity index (χ3v) is 2.81. The first-order chi connectivity index (χ1) is 8.58. The Balaban J connectivity index is 2.68. The quantitative estimate of drug-likeness (QED) is 0.811. The van der Waals surface area contributed by atoms with E-state index in [0.717, 1.165) is 6.42 Å². The molecule has 1 atom stereocenters. The van der Waals surface area contributed by atoms with E-state index < -0.39 is 0 Å². The molecule has 0 aromatic carbocycles. The van der Waals surface area contributed by atoms with Crippen LogP contribution in [0.25, 0.3) is 0 Å². The highest BCUT2D eigenvalue weighted by Crippen LogP contribution is 2.12. The van der Waals surface area contributed by atoms with Crippen molar-refractivity contribution in [3.63, 3.8) is 0 Å². The molecular formula is C13H22N4O. The van der Waals surface area contributed by atoms with Crippen molar-refractivity contribution in [3.8, 4) is 0 Å². The molecule has 0 aliphatic rings. The SMILES string of the molecule is CCNC(=O)c1ccc(NC(CC)C(C)C)nn1. The second-order valence-electron chi connectivity index (χ2n) is 4.57. The Kier molecular flexibility index (Phi) is 5.55. The van der Waals surface area contributed by atoms with Crippen molar-refractivity contribution in [2.45, 2.75) is 40.2 Å². The van der Waals surface area contributed by atoms with Crippen LogP contribution in [0.3, 0.4) is 0 Å². The molecule has 2 N–H and O–H groups in total. The maximum absolute atomic E-state index is 11.5. The third-order valence-electron chi connectivity index (χ3n) is 2.81. The van der Waals surface area contributed by atoms with E-state index in [1.807, 2.05) is 6.92 Å². The molecule has 1 rings (SSSR count). The van der Waals surface area contributed by atoms with Gasteiger partial charge in [0.05, 0.1) is 0 Å². The van der Waals surface area contributed by atoms with Gasteiger partial charge in [-0.25, -0.2) is 0 Å². The van der Waals surface area contributed by atoms with Crippen LogP contribution in [0.4, 0.5) is 5.82 Å². The Morgan fingerprint density at radius 1 is 1.28 bits per heavy atom. The highest BCUT2D eigenvalue weighted by atomic mass is 16.1. The summed E-state index contributed by atoms with van der Waals surface area (Å²) in [6.45, 7) is 8.92. The van der Waals surface area contributed by atoms with Crippen molar-refractivity contribution in [1.82, 2.24) is 15.5 Å². The number of rotatable bonds is 6. The summed E-state index contributed by atoms with van der Waals surface area (Å²) in [5.41, 5.74) is 0.347. The first-order valence-corrected chi connectivity index (χ1v) is 6.46. The van der Waals surface area contributed by atoms with Crippen molar-refractivity contribution >= 4 is 11.7 Å². The second-order valence-corrected chi connectivity index (χ2v) is 4.57. The largest absolute Gasteiger partial charge is 0.366 e. The normalized spacial score (nSPS) is 12.3. The first kappa shape index (κ1) is 14.4. The van der Waals surface area contributed by atoms with E-state index in [-0.39, 0.29) is 5.91 Å². The molecule has 1 heterocycles. The molecule has 0 saturated heterocycles. The van der Waals surface area contributed by atoms with E-state index in [0.29, 0.717) is 30.0 Å². The maximum atomic E-state index is 11.5. The van der Waals surface area contributed by atoms with Gasteiger partial charge in [-0.3, -0.25) is 4.79 Å². The van der Waals surface area contributed by atoms with Gasteiger partial charge in [0.25, 0.3) is 5.91 Å². The zero-order chi connectivity index (χ0) is 13.5. The molecule has 18 heavy (non-hydrogen) atoms. The number of carbonyl (C=O) groups excluding carboxylic acids is 1. The summed E-state index contributed by atoms with van der Waals surface area (Å²) in [4.78, 5) is 11.5. The van der Waals surface area contributed by atoms with Gasteiger partial charge < -0.3 is 10.6 Å². The summed E-state index contributed by atoms with van der Waals surface area (Å²) < 4.78 is 0. The van der Waals surface area contributed by atoms with E-state index in [1.165, 1.54) is 0 Å². The lowest BCUT2D eigenvalue weighted by atomic mass is 10.0. The van der Waals surface area contributed by atoms with Crippen molar-refractivity contribution < 1.29 is 4.79 Å². The predicted octanol–water partition coefficient (Wildman–Crippen LogP) is 2.07. The fourth-order valence-corrected chi connectivity index (χ4v) is 1.71. The molecule has 1 aromatic heterocycles. The van der Waals surface area contributed by atoms with Gasteiger partial charge in [-0.05, 0) is 31.4 Å². The van der Waals surface area contributed by atoms with Gasteiger partial charge >= 0.3 is 0 Å². The number of amides is 1. The summed E-state index contributed by atoms with van der Waals surface area (Å²) in [6.07, 6.45) is 1.03. The molecule has 0 spiro atoms. The Hall–Kier alpha value is -1.65. The molecule has 5 nitrogen and oxygen atoms in total. The van der Waals surface area contributed by atoms with Crippen LogP contribution in [0.1, 0.15) is 44.6 Å². The van der Waals surface area contributed by atoms with E-state index in [1.54, 1.807) is 12.1 Å². The summed E-state index contributed by atoms with van der Waals surface area (Å²) >= 11 is 0. The predicted molar refractivity (Wildman–Crippen MR) is 72.6 cm³/mol. The molecule has 0 saturated carbocycles. The lowest BCUT2D eigenvalue weighted by Gasteiger charge is -2.20. The monoisotopic (exact) mass is 250 g/mol. The standard InChI is InChI=1S/C13H22N4O/c1-5-10(9(3)4)15-12-8-7-11(16-17-12)13(18)14-6-2/h7-10H,5-6H2,1-4H3,(H,14,18)(H,15,17). The third kappa shape index (κ3) is 3.98. The molecule has 0 aliphatic carbocycles. The van der Waals surface area contributed by atoms with Gasteiger partial charge in [-0.1, -0.05) is 20.8 Å². The summed E-state index contributed by atoms with van der Waals surface area (Å²) in [7, 11) is 0. The average molecular weight is 250 g/mol. The van der Waals surface area contributed by atoms with Crippen molar-refractivity contribution in [2.24, 2.45) is 5.92 Å². The van der Waals surface area contributed by atoms with Gasteiger partial charge in [0.2, 0.25) is 0 Å². The molecule has 1 amide bonds. The zero-order valence-corrected chi connectivity index (χ0v) is 11.5. The van der Waals surface area contributed by atoms with Gasteiger partial charge in [0.1, 0.15) is 5.82 Å². The summed E-state index contributed by atoms with van der Waals surface area (Å²) in [5, 5.41) is 14.0. The first-order valence-electron chi connectivity index (χ1n) is 6.46. The van der Waals surface area contributed by atoms with Gasteiger partial charge in [0, 0.05) is 12.6 Å². The van der Waals surface area contributed by atoms with Crippen LogP contribution in [-0.4, -0.2) is 28.7 Å². The van der Waals surface area contributed by atoms with Crippen LogP contribution in [0.5, 0.6) is 0 Å². The average Bonchev–Trinajstić information content (AvgIpc) is 2.36. The topological polar surface area (TPSA) is 66.9 Å². The number of anilines is 1. The number of aromatic nitrogens is 2. The van der Waals surface area contributed by atoms with E-state index >= 15 is 0 Å². The highest BCUT2D eigenvalue weighted by Gasteiger charge is 2.12. The van der Waals surface area contributed by atoms with E-state index in [9.17, 15) is 4.79 Å². The van der Waals surface area contributed by atoms with Crippen LogP contribution in [-0.2, 0) is 0 Å². The minimum Gasteiger partial charge on any atom is -0.366 e. The Morgan fingerprint density at radius 2 is 2.00 bits per heavy atom. The van der Waals surface area contributed by atoms with Gasteiger partial charge in [-0.15, -0.1) is 10.2 Å². The van der Waals surface area contributed by atoms with Crippen molar-refractivity contribution in [3.05, 3.63) is 17.8 Å². The van der Waals surface area contributed by atoms with E-state index in [4.69, 9.17) is 0 Å². The minimum atomic E-state index is -0.188. The second kappa shape index (κ2) is 6.93. The molecule has 1 aromatic rings. The number of nitrogens with one attached hydrogen (secondary N) is 2. The molecule has 0 fully saturated rings. The van der Waals surface area contributed by atoms with Crippen LogP contribution >= 0.6 is 0 Å². The van der Waals surface area contributed by atoms with Crippen LogP contribution < -0.4 is 10.6 Å². The zero-order valence-electron chi connectivity index (χ0n) is 11.5. The number of hydrogen-bond donors (Lipinski definition) is 2. The Bertz CT molecular complexity index is 375. The lowest BCUT2D eigenvalue weighted by molar-refractivity contribution is 0.0950. The highest BCUT2D eigenvalue weighted by molar-refractivity contribution is 5.92. The van der Waals surface area contributed by atoms with Crippen LogP contribution in [0.15, 0.2) is 12.1 Å². The van der Waals surface area contributed by atoms with Crippen molar-refractivity contribution in [2.75, 3.05) is 11.9 Å². The number of carbonyl (C=O) groups is 1. The van der Waals surface area contributed by atoms with Crippen LogP contribution in [0.2, 0.25) is 0 Å².